The molecule has 7 heteroatoms. The predicted octanol–water partition coefficient (Wildman–Crippen LogP) is 2.29. The molecule has 1 saturated carbocycles. The number of sulfonamides is 1. The Bertz CT molecular complexity index is 625. The zero-order chi connectivity index (χ0) is 14.9. The van der Waals surface area contributed by atoms with Crippen molar-refractivity contribution in [3.63, 3.8) is 0 Å². The Labute approximate surface area is 126 Å². The summed E-state index contributed by atoms with van der Waals surface area (Å²) in [4.78, 5) is 11.0. The van der Waals surface area contributed by atoms with Gasteiger partial charge in [0.25, 0.3) is 0 Å². The maximum Gasteiger partial charge on any atom is 0.304 e. The van der Waals surface area contributed by atoms with Crippen LogP contribution in [0.4, 0.5) is 0 Å². The molecule has 20 heavy (non-hydrogen) atoms. The molecule has 0 heterocycles. The van der Waals surface area contributed by atoms with Crippen molar-refractivity contribution in [1.29, 1.82) is 0 Å². The highest BCUT2D eigenvalue weighted by atomic mass is 79.9. The highest BCUT2D eigenvalue weighted by Crippen LogP contribution is 2.35. The number of nitrogens with one attached hydrogen (secondary N) is 1. The molecule has 2 rings (SSSR count). The summed E-state index contributed by atoms with van der Waals surface area (Å²) in [5.41, 5.74) is 0.630. The van der Waals surface area contributed by atoms with Crippen LogP contribution in [0.25, 0.3) is 0 Å². The van der Waals surface area contributed by atoms with Crippen LogP contribution in [-0.2, 0) is 14.8 Å². The number of carboxylic acids is 1. The highest BCUT2D eigenvalue weighted by Gasteiger charge is 2.36. The van der Waals surface area contributed by atoms with Crippen LogP contribution in [0.5, 0.6) is 0 Å². The number of carbonyl (C=O) groups is 1. The van der Waals surface area contributed by atoms with Gasteiger partial charge in [0.1, 0.15) is 0 Å². The van der Waals surface area contributed by atoms with Crippen molar-refractivity contribution in [2.24, 2.45) is 5.92 Å². The van der Waals surface area contributed by atoms with Crippen molar-refractivity contribution in [1.82, 2.24) is 4.72 Å². The Morgan fingerprint density at radius 1 is 1.50 bits per heavy atom. The minimum Gasteiger partial charge on any atom is -0.481 e. The van der Waals surface area contributed by atoms with Crippen molar-refractivity contribution in [2.45, 2.75) is 37.1 Å². The summed E-state index contributed by atoms with van der Waals surface area (Å²) in [7, 11) is -3.71. The molecule has 0 aromatic heterocycles. The molecule has 1 aliphatic carbocycles. The lowest BCUT2D eigenvalue weighted by Crippen LogP contribution is -2.38. The molecule has 0 bridgehead atoms. The van der Waals surface area contributed by atoms with Crippen LogP contribution in [0, 0.1) is 12.8 Å². The molecular formula is C13H16BrNO4S. The van der Waals surface area contributed by atoms with Crippen molar-refractivity contribution < 1.29 is 18.3 Å². The van der Waals surface area contributed by atoms with Gasteiger partial charge < -0.3 is 5.11 Å². The Hall–Kier alpha value is -0.920. The molecule has 1 aliphatic rings. The van der Waals surface area contributed by atoms with Crippen molar-refractivity contribution in [2.75, 3.05) is 0 Å². The highest BCUT2D eigenvalue weighted by molar-refractivity contribution is 9.10. The third-order valence-electron chi connectivity index (χ3n) is 3.33. The fourth-order valence-corrected chi connectivity index (χ4v) is 4.21. The van der Waals surface area contributed by atoms with E-state index in [-0.39, 0.29) is 17.2 Å². The van der Waals surface area contributed by atoms with Gasteiger partial charge in [0.2, 0.25) is 10.0 Å². The van der Waals surface area contributed by atoms with Gasteiger partial charge in [0, 0.05) is 10.5 Å². The zero-order valence-corrected chi connectivity index (χ0v) is 13.4. The van der Waals surface area contributed by atoms with Gasteiger partial charge >= 0.3 is 5.97 Å². The first-order valence-electron chi connectivity index (χ1n) is 6.30. The lowest BCUT2D eigenvalue weighted by atomic mass is 10.1. The zero-order valence-electron chi connectivity index (χ0n) is 11.0. The van der Waals surface area contributed by atoms with Crippen molar-refractivity contribution >= 4 is 31.9 Å². The molecule has 110 valence electrons. The van der Waals surface area contributed by atoms with Crippen LogP contribution < -0.4 is 4.72 Å². The number of aliphatic carboxylic acids is 1. The summed E-state index contributed by atoms with van der Waals surface area (Å²) in [6, 6.07) is 4.48. The molecule has 5 nitrogen and oxygen atoms in total. The number of hydrogen-bond donors (Lipinski definition) is 2. The minimum absolute atomic E-state index is 0.133. The first-order chi connectivity index (χ1) is 9.29. The molecule has 1 fully saturated rings. The first-order valence-corrected chi connectivity index (χ1v) is 8.57. The van der Waals surface area contributed by atoms with E-state index in [1.807, 2.05) is 0 Å². The van der Waals surface area contributed by atoms with Crippen LogP contribution in [0.15, 0.2) is 27.6 Å². The monoisotopic (exact) mass is 361 g/mol. The molecule has 1 aromatic rings. The smallest absolute Gasteiger partial charge is 0.304 e. The van der Waals surface area contributed by atoms with E-state index < -0.39 is 22.0 Å². The van der Waals surface area contributed by atoms with E-state index in [4.69, 9.17) is 5.11 Å². The number of halogens is 1. The standard InChI is InChI=1S/C13H16BrNO4S/c1-8-2-5-10(14)6-12(8)20(18,19)15-11(7-13(16)17)9-3-4-9/h2,5-6,9,11,15H,3-4,7H2,1H3,(H,16,17). The van der Waals surface area contributed by atoms with E-state index in [1.165, 1.54) is 6.07 Å². The van der Waals surface area contributed by atoms with Gasteiger partial charge in [-0.05, 0) is 43.4 Å². The summed E-state index contributed by atoms with van der Waals surface area (Å²) >= 11 is 3.25. The molecule has 0 amide bonds. The third kappa shape index (κ3) is 3.80. The summed E-state index contributed by atoms with van der Waals surface area (Å²) in [6.45, 7) is 1.71. The van der Waals surface area contributed by atoms with E-state index in [0.29, 0.717) is 10.0 Å². The molecule has 2 N–H and O–H groups in total. The summed E-state index contributed by atoms with van der Waals surface area (Å²) in [6.07, 6.45) is 1.56. The van der Waals surface area contributed by atoms with Crippen LogP contribution in [0.3, 0.4) is 0 Å². The Balaban J connectivity index is 2.25. The first kappa shape index (κ1) is 15.5. The molecule has 0 radical (unpaired) electrons. The van der Waals surface area contributed by atoms with E-state index in [9.17, 15) is 13.2 Å². The molecule has 0 saturated heterocycles. The second-order valence-corrected chi connectivity index (χ2v) is 7.67. The number of benzene rings is 1. The van der Waals surface area contributed by atoms with Gasteiger partial charge in [0.15, 0.2) is 0 Å². The van der Waals surface area contributed by atoms with Gasteiger partial charge in [0.05, 0.1) is 11.3 Å². The molecule has 0 spiro atoms. The molecule has 1 unspecified atom stereocenters. The van der Waals surface area contributed by atoms with Crippen molar-refractivity contribution in [3.8, 4) is 0 Å². The number of hydrogen-bond acceptors (Lipinski definition) is 3. The Morgan fingerprint density at radius 3 is 2.70 bits per heavy atom. The lowest BCUT2D eigenvalue weighted by Gasteiger charge is -2.17. The number of aryl methyl sites for hydroxylation is 1. The summed E-state index contributed by atoms with van der Waals surface area (Å²) < 4.78 is 28.0. The van der Waals surface area contributed by atoms with Crippen LogP contribution in [-0.4, -0.2) is 25.5 Å². The van der Waals surface area contributed by atoms with E-state index >= 15 is 0 Å². The third-order valence-corrected chi connectivity index (χ3v) is 5.46. The fraction of sp³-hybridized carbons (Fsp3) is 0.462. The van der Waals surface area contributed by atoms with Gasteiger partial charge in [-0.25, -0.2) is 13.1 Å². The summed E-state index contributed by atoms with van der Waals surface area (Å²) in [5.74, 6) is -0.858. The molecular weight excluding hydrogens is 346 g/mol. The van der Waals surface area contributed by atoms with Crippen molar-refractivity contribution in [3.05, 3.63) is 28.2 Å². The average molecular weight is 362 g/mol. The quantitative estimate of drug-likeness (QED) is 0.813. The Kier molecular flexibility index (Phi) is 4.51. The Morgan fingerprint density at radius 2 is 2.15 bits per heavy atom. The maximum atomic E-state index is 12.4. The molecule has 1 atom stereocenters. The van der Waals surface area contributed by atoms with Gasteiger partial charge in [-0.1, -0.05) is 22.0 Å². The fourth-order valence-electron chi connectivity index (χ4n) is 2.12. The van der Waals surface area contributed by atoms with Gasteiger partial charge in [-0.2, -0.15) is 0 Å². The maximum absolute atomic E-state index is 12.4. The van der Waals surface area contributed by atoms with Crippen LogP contribution in [0.1, 0.15) is 24.8 Å². The largest absolute Gasteiger partial charge is 0.481 e. The molecule has 0 aliphatic heterocycles. The van der Waals surface area contributed by atoms with Crippen LogP contribution in [0.2, 0.25) is 0 Å². The van der Waals surface area contributed by atoms with E-state index in [1.54, 1.807) is 19.1 Å². The minimum atomic E-state index is -3.71. The SMILES string of the molecule is Cc1ccc(Br)cc1S(=O)(=O)NC(CC(=O)O)C1CC1. The van der Waals surface area contributed by atoms with Gasteiger partial charge in [-0.15, -0.1) is 0 Å². The second kappa shape index (κ2) is 5.83. The number of carboxylic acid groups (broad SMARTS) is 1. The van der Waals surface area contributed by atoms with E-state index in [2.05, 4.69) is 20.7 Å². The summed E-state index contributed by atoms with van der Waals surface area (Å²) in [5, 5.41) is 8.88. The second-order valence-electron chi connectivity index (χ2n) is 5.07. The normalized spacial score (nSPS) is 16.9. The van der Waals surface area contributed by atoms with Gasteiger partial charge in [-0.3, -0.25) is 4.79 Å². The van der Waals surface area contributed by atoms with Crippen LogP contribution >= 0.6 is 15.9 Å². The lowest BCUT2D eigenvalue weighted by molar-refractivity contribution is -0.137. The van der Waals surface area contributed by atoms with E-state index in [0.717, 1.165) is 12.8 Å². The topological polar surface area (TPSA) is 83.5 Å². The molecule has 1 aromatic carbocycles. The number of rotatable bonds is 6. The average Bonchev–Trinajstić information content (AvgIpc) is 3.14. The predicted molar refractivity (Wildman–Crippen MR) is 78.0 cm³/mol.